The number of ether oxygens (including phenoxy) is 1. The molecule has 0 amide bonds. The molecule has 102 valence electrons. The summed E-state index contributed by atoms with van der Waals surface area (Å²) in [6.45, 7) is 5.98. The Labute approximate surface area is 118 Å². The lowest BCUT2D eigenvalue weighted by atomic mass is 10.2. The fourth-order valence-corrected chi connectivity index (χ4v) is 2.52. The fraction of sp³-hybridized carbons (Fsp3) is 0.400. The van der Waals surface area contributed by atoms with Crippen LogP contribution in [0.5, 0.6) is 5.75 Å². The first-order valence-electron chi connectivity index (χ1n) is 6.76. The van der Waals surface area contributed by atoms with Gasteiger partial charge in [0.05, 0.1) is 11.5 Å². The van der Waals surface area contributed by atoms with E-state index in [4.69, 9.17) is 4.74 Å². The third kappa shape index (κ3) is 3.96. The molecule has 3 nitrogen and oxygen atoms in total. The van der Waals surface area contributed by atoms with Crippen LogP contribution in [0.15, 0.2) is 30.5 Å². The van der Waals surface area contributed by atoms with Crippen LogP contribution in [0.2, 0.25) is 0 Å². The molecular weight excluding hydrogens is 256 g/mol. The maximum Gasteiger partial charge on any atom is 0.183 e. The molecule has 19 heavy (non-hydrogen) atoms. The molecule has 0 radical (unpaired) electrons. The molecule has 2 rings (SSSR count). The molecule has 0 fully saturated rings. The SMILES string of the molecule is CCCNc1ncc(-c2cccc(OCCC)c2)s1. The van der Waals surface area contributed by atoms with Crippen LogP contribution < -0.4 is 10.1 Å². The number of benzene rings is 1. The summed E-state index contributed by atoms with van der Waals surface area (Å²) in [5.41, 5.74) is 1.16. The van der Waals surface area contributed by atoms with Gasteiger partial charge in [0.15, 0.2) is 5.13 Å². The Kier molecular flexibility index (Phi) is 5.21. The van der Waals surface area contributed by atoms with E-state index in [9.17, 15) is 0 Å². The minimum atomic E-state index is 0.759. The van der Waals surface area contributed by atoms with E-state index in [0.717, 1.165) is 42.4 Å². The smallest absolute Gasteiger partial charge is 0.183 e. The highest BCUT2D eigenvalue weighted by Crippen LogP contribution is 2.31. The number of thiazole rings is 1. The zero-order chi connectivity index (χ0) is 13.5. The molecule has 4 heteroatoms. The molecular formula is C15H20N2OS. The van der Waals surface area contributed by atoms with E-state index < -0.39 is 0 Å². The van der Waals surface area contributed by atoms with Crippen LogP contribution in [0.1, 0.15) is 26.7 Å². The van der Waals surface area contributed by atoms with Crippen LogP contribution in [-0.2, 0) is 0 Å². The largest absolute Gasteiger partial charge is 0.494 e. The molecule has 0 unspecified atom stereocenters. The van der Waals surface area contributed by atoms with Gasteiger partial charge >= 0.3 is 0 Å². The lowest BCUT2D eigenvalue weighted by molar-refractivity contribution is 0.317. The second kappa shape index (κ2) is 7.14. The zero-order valence-corrected chi connectivity index (χ0v) is 12.3. The van der Waals surface area contributed by atoms with Crippen LogP contribution >= 0.6 is 11.3 Å². The molecule has 0 aliphatic rings. The molecule has 0 spiro atoms. The first kappa shape index (κ1) is 13.9. The van der Waals surface area contributed by atoms with Crippen molar-refractivity contribution in [1.29, 1.82) is 0 Å². The van der Waals surface area contributed by atoms with Crippen molar-refractivity contribution in [2.24, 2.45) is 0 Å². The first-order valence-corrected chi connectivity index (χ1v) is 7.58. The van der Waals surface area contributed by atoms with Gasteiger partial charge < -0.3 is 10.1 Å². The van der Waals surface area contributed by atoms with Gasteiger partial charge in [0.2, 0.25) is 0 Å². The van der Waals surface area contributed by atoms with E-state index >= 15 is 0 Å². The van der Waals surface area contributed by atoms with Gasteiger partial charge in [-0.1, -0.05) is 37.3 Å². The van der Waals surface area contributed by atoms with E-state index in [2.05, 4.69) is 36.3 Å². The predicted molar refractivity (Wildman–Crippen MR) is 82.1 cm³/mol. The number of anilines is 1. The molecule has 2 aromatic rings. The highest BCUT2D eigenvalue weighted by Gasteiger charge is 2.05. The Morgan fingerprint density at radius 1 is 1.26 bits per heavy atom. The zero-order valence-electron chi connectivity index (χ0n) is 11.5. The monoisotopic (exact) mass is 276 g/mol. The standard InChI is InChI=1S/C15H20N2OS/c1-3-8-16-15-17-11-14(19-15)12-6-5-7-13(10-12)18-9-4-2/h5-7,10-11H,3-4,8-9H2,1-2H3,(H,16,17). The topological polar surface area (TPSA) is 34.2 Å². The quantitative estimate of drug-likeness (QED) is 0.812. The average molecular weight is 276 g/mol. The van der Waals surface area contributed by atoms with Gasteiger partial charge in [-0.15, -0.1) is 0 Å². The van der Waals surface area contributed by atoms with Crippen LogP contribution in [0.25, 0.3) is 10.4 Å². The minimum absolute atomic E-state index is 0.759. The Hall–Kier alpha value is -1.55. The number of hydrogen-bond acceptors (Lipinski definition) is 4. The molecule has 1 aromatic heterocycles. The molecule has 1 heterocycles. The maximum absolute atomic E-state index is 5.66. The summed E-state index contributed by atoms with van der Waals surface area (Å²) in [6.07, 6.45) is 4.05. The van der Waals surface area contributed by atoms with Gasteiger partial charge in [-0.2, -0.15) is 0 Å². The lowest BCUT2D eigenvalue weighted by Gasteiger charge is -2.05. The summed E-state index contributed by atoms with van der Waals surface area (Å²) in [4.78, 5) is 5.56. The number of nitrogens with zero attached hydrogens (tertiary/aromatic N) is 1. The average Bonchev–Trinajstić information content (AvgIpc) is 2.92. The Balaban J connectivity index is 2.10. The van der Waals surface area contributed by atoms with Crippen LogP contribution in [0, 0.1) is 0 Å². The number of aromatic nitrogens is 1. The number of hydrogen-bond donors (Lipinski definition) is 1. The highest BCUT2D eigenvalue weighted by atomic mass is 32.1. The second-order valence-corrected chi connectivity index (χ2v) is 5.36. The second-order valence-electron chi connectivity index (χ2n) is 4.33. The molecule has 0 bridgehead atoms. The molecule has 0 atom stereocenters. The molecule has 0 saturated heterocycles. The normalized spacial score (nSPS) is 10.4. The van der Waals surface area contributed by atoms with Crippen LogP contribution in [0.3, 0.4) is 0 Å². The summed E-state index contributed by atoms with van der Waals surface area (Å²) in [6, 6.07) is 8.19. The van der Waals surface area contributed by atoms with Gasteiger partial charge in [-0.3, -0.25) is 0 Å². The summed E-state index contributed by atoms with van der Waals surface area (Å²) in [5.74, 6) is 0.927. The Morgan fingerprint density at radius 2 is 2.16 bits per heavy atom. The van der Waals surface area contributed by atoms with E-state index in [1.54, 1.807) is 11.3 Å². The summed E-state index contributed by atoms with van der Waals surface area (Å²) < 4.78 is 5.66. The molecule has 1 N–H and O–H groups in total. The van der Waals surface area contributed by atoms with Gasteiger partial charge in [0.25, 0.3) is 0 Å². The van der Waals surface area contributed by atoms with Gasteiger partial charge in [-0.25, -0.2) is 4.98 Å². The molecule has 0 aliphatic carbocycles. The highest BCUT2D eigenvalue weighted by molar-refractivity contribution is 7.18. The van der Waals surface area contributed by atoms with Crippen molar-refractivity contribution in [3.05, 3.63) is 30.5 Å². The lowest BCUT2D eigenvalue weighted by Crippen LogP contribution is -1.97. The van der Waals surface area contributed by atoms with Crippen LogP contribution in [-0.4, -0.2) is 18.1 Å². The minimum Gasteiger partial charge on any atom is -0.494 e. The fourth-order valence-electron chi connectivity index (χ4n) is 1.68. The summed E-state index contributed by atoms with van der Waals surface area (Å²) in [5, 5.41) is 4.29. The number of rotatable bonds is 7. The summed E-state index contributed by atoms with van der Waals surface area (Å²) in [7, 11) is 0. The third-order valence-electron chi connectivity index (χ3n) is 2.62. The van der Waals surface area contributed by atoms with E-state index in [0.29, 0.717) is 0 Å². The maximum atomic E-state index is 5.66. The van der Waals surface area contributed by atoms with E-state index in [-0.39, 0.29) is 0 Å². The molecule has 1 aromatic carbocycles. The van der Waals surface area contributed by atoms with Crippen molar-refractivity contribution in [3.63, 3.8) is 0 Å². The van der Waals surface area contributed by atoms with E-state index in [1.807, 2.05) is 18.3 Å². The van der Waals surface area contributed by atoms with Crippen molar-refractivity contribution in [2.75, 3.05) is 18.5 Å². The van der Waals surface area contributed by atoms with Gasteiger partial charge in [0.1, 0.15) is 5.75 Å². The Morgan fingerprint density at radius 3 is 2.95 bits per heavy atom. The van der Waals surface area contributed by atoms with Crippen molar-refractivity contribution >= 4 is 16.5 Å². The molecule has 0 saturated carbocycles. The van der Waals surface area contributed by atoms with Gasteiger partial charge in [-0.05, 0) is 30.5 Å². The van der Waals surface area contributed by atoms with Gasteiger partial charge in [0, 0.05) is 12.7 Å². The van der Waals surface area contributed by atoms with Crippen LogP contribution in [0.4, 0.5) is 5.13 Å². The summed E-state index contributed by atoms with van der Waals surface area (Å²) >= 11 is 1.68. The third-order valence-corrected chi connectivity index (χ3v) is 3.63. The van der Waals surface area contributed by atoms with E-state index in [1.165, 1.54) is 4.88 Å². The van der Waals surface area contributed by atoms with Crippen molar-refractivity contribution in [1.82, 2.24) is 4.98 Å². The number of nitrogens with one attached hydrogen (secondary N) is 1. The first-order chi connectivity index (χ1) is 9.33. The molecule has 0 aliphatic heterocycles. The van der Waals surface area contributed by atoms with Crippen molar-refractivity contribution in [2.45, 2.75) is 26.7 Å². The predicted octanol–water partition coefficient (Wildman–Crippen LogP) is 4.42. The van der Waals surface area contributed by atoms with Crippen molar-refractivity contribution in [3.8, 4) is 16.2 Å². The Bertz CT molecular complexity index is 510. The van der Waals surface area contributed by atoms with Crippen molar-refractivity contribution < 1.29 is 4.74 Å².